The summed E-state index contributed by atoms with van der Waals surface area (Å²) in [6.07, 6.45) is 4.56. The van der Waals surface area contributed by atoms with Crippen molar-refractivity contribution in [1.82, 2.24) is 14.9 Å². The smallest absolute Gasteiger partial charge is 0.263 e. The van der Waals surface area contributed by atoms with Crippen LogP contribution in [0.5, 0.6) is 0 Å². The highest BCUT2D eigenvalue weighted by Gasteiger charge is 2.28. The van der Waals surface area contributed by atoms with Crippen molar-refractivity contribution in [3.05, 3.63) is 58.9 Å². The Morgan fingerprint density at radius 1 is 1.31 bits per heavy atom. The van der Waals surface area contributed by atoms with Gasteiger partial charge in [0.1, 0.15) is 11.4 Å². The molecule has 0 aliphatic carbocycles. The van der Waals surface area contributed by atoms with E-state index in [2.05, 4.69) is 33.1 Å². The highest BCUT2D eigenvalue weighted by atomic mass is 35.5. The number of rotatable bonds is 4. The quantitative estimate of drug-likeness (QED) is 0.507. The third-order valence-corrected chi connectivity index (χ3v) is 5.32. The summed E-state index contributed by atoms with van der Waals surface area (Å²) in [5.41, 5.74) is 3.13. The van der Waals surface area contributed by atoms with Crippen molar-refractivity contribution < 1.29 is 9.21 Å². The number of likely N-dealkylation sites (tertiary alicyclic amines) is 1. The molecule has 4 rings (SSSR count). The molecule has 3 heterocycles. The molecule has 0 N–H and O–H groups in total. The van der Waals surface area contributed by atoms with E-state index in [1.165, 1.54) is 18.0 Å². The van der Waals surface area contributed by atoms with Crippen molar-refractivity contribution in [3.8, 4) is 0 Å². The van der Waals surface area contributed by atoms with Gasteiger partial charge in [0.05, 0.1) is 11.7 Å². The lowest BCUT2D eigenvalue weighted by atomic mass is 9.92. The van der Waals surface area contributed by atoms with Gasteiger partial charge in [-0.05, 0) is 50.6 Å². The molecule has 1 saturated heterocycles. The summed E-state index contributed by atoms with van der Waals surface area (Å²) >= 11 is 6.41. The first kappa shape index (κ1) is 17.2. The van der Waals surface area contributed by atoms with E-state index in [1.807, 2.05) is 13.0 Å². The molecule has 0 bridgehead atoms. The minimum absolute atomic E-state index is 0.00965. The van der Waals surface area contributed by atoms with Crippen molar-refractivity contribution >= 4 is 28.3 Å². The number of ketones is 1. The first-order valence-electron chi connectivity index (χ1n) is 8.82. The lowest BCUT2D eigenvalue weighted by Gasteiger charge is -2.30. The monoisotopic (exact) mass is 369 g/mol. The van der Waals surface area contributed by atoms with Gasteiger partial charge in [-0.15, -0.1) is 0 Å². The summed E-state index contributed by atoms with van der Waals surface area (Å²) in [5, 5.41) is 1.66. The molecule has 0 unspecified atom stereocenters. The summed E-state index contributed by atoms with van der Waals surface area (Å²) in [6, 6.07) is 8.33. The number of pyridine rings is 1. The Balaban J connectivity index is 1.43. The molecule has 0 atom stereocenters. The van der Waals surface area contributed by atoms with Crippen molar-refractivity contribution in [3.63, 3.8) is 0 Å². The minimum Gasteiger partial charge on any atom is -0.442 e. The Morgan fingerprint density at radius 3 is 2.85 bits per heavy atom. The van der Waals surface area contributed by atoms with Gasteiger partial charge in [-0.3, -0.25) is 9.69 Å². The average Bonchev–Trinajstić information content (AvgIpc) is 3.17. The number of benzene rings is 1. The molecule has 3 aromatic rings. The topological polar surface area (TPSA) is 59.2 Å². The molecule has 0 saturated carbocycles. The van der Waals surface area contributed by atoms with Crippen LogP contribution in [0.1, 0.15) is 34.7 Å². The fraction of sp³-hybridized carbons (Fsp3) is 0.350. The van der Waals surface area contributed by atoms with E-state index in [0.717, 1.165) is 48.9 Å². The van der Waals surface area contributed by atoms with Gasteiger partial charge >= 0.3 is 0 Å². The molecule has 1 fully saturated rings. The maximum absolute atomic E-state index is 12.3. The van der Waals surface area contributed by atoms with Crippen LogP contribution in [0.25, 0.3) is 10.9 Å². The number of carbonyl (C=O) groups excluding carboxylic acids is 1. The Morgan fingerprint density at radius 2 is 2.12 bits per heavy atom. The van der Waals surface area contributed by atoms with Crippen molar-refractivity contribution in [1.29, 1.82) is 0 Å². The number of nitrogens with zero attached hydrogens (tertiary/aromatic N) is 3. The molecule has 0 radical (unpaired) electrons. The van der Waals surface area contributed by atoms with E-state index in [1.54, 1.807) is 0 Å². The van der Waals surface area contributed by atoms with Gasteiger partial charge in [0.15, 0.2) is 0 Å². The zero-order chi connectivity index (χ0) is 18.1. The largest absolute Gasteiger partial charge is 0.442 e. The van der Waals surface area contributed by atoms with E-state index >= 15 is 0 Å². The van der Waals surface area contributed by atoms with Gasteiger partial charge in [0.2, 0.25) is 5.78 Å². The molecular weight excluding hydrogens is 350 g/mol. The summed E-state index contributed by atoms with van der Waals surface area (Å²) < 4.78 is 5.14. The summed E-state index contributed by atoms with van der Waals surface area (Å²) in [6.45, 7) is 4.49. The lowest BCUT2D eigenvalue weighted by molar-refractivity contribution is 0.0799. The second-order valence-electron chi connectivity index (χ2n) is 6.89. The zero-order valence-electron chi connectivity index (χ0n) is 14.6. The number of halogens is 1. The average molecular weight is 370 g/mol. The van der Waals surface area contributed by atoms with E-state index in [-0.39, 0.29) is 17.6 Å². The summed E-state index contributed by atoms with van der Waals surface area (Å²) in [5.74, 6) is 0.217. The third-order valence-electron chi connectivity index (χ3n) is 4.99. The SMILES string of the molecule is Cc1ccc2cc(CN3CCC(C(=O)c4ncco4)CC3)c(Cl)nc2c1. The molecule has 0 amide bonds. The van der Waals surface area contributed by atoms with Crippen LogP contribution < -0.4 is 0 Å². The number of Topliss-reactive ketones (excluding diaryl/α,β-unsaturated/α-hetero) is 1. The zero-order valence-corrected chi connectivity index (χ0v) is 15.4. The van der Waals surface area contributed by atoms with Crippen LogP contribution in [0.2, 0.25) is 5.15 Å². The summed E-state index contributed by atoms with van der Waals surface area (Å²) in [7, 11) is 0. The number of oxazole rings is 1. The Kier molecular flexibility index (Phi) is 4.74. The maximum atomic E-state index is 12.3. The highest BCUT2D eigenvalue weighted by molar-refractivity contribution is 6.30. The molecule has 6 heteroatoms. The number of hydrogen-bond donors (Lipinski definition) is 0. The molecule has 134 valence electrons. The predicted octanol–water partition coefficient (Wildman–Crippen LogP) is 4.28. The normalized spacial score (nSPS) is 16.2. The van der Waals surface area contributed by atoms with Crippen LogP contribution in [0.4, 0.5) is 0 Å². The van der Waals surface area contributed by atoms with Gasteiger partial charge in [0.25, 0.3) is 5.89 Å². The van der Waals surface area contributed by atoms with Crippen molar-refractivity contribution in [2.45, 2.75) is 26.3 Å². The van der Waals surface area contributed by atoms with Crippen LogP contribution in [-0.2, 0) is 6.54 Å². The number of fused-ring (bicyclic) bond motifs is 1. The fourth-order valence-corrected chi connectivity index (χ4v) is 3.73. The molecule has 5 nitrogen and oxygen atoms in total. The third kappa shape index (κ3) is 3.50. The highest BCUT2D eigenvalue weighted by Crippen LogP contribution is 2.26. The maximum Gasteiger partial charge on any atom is 0.263 e. The van der Waals surface area contributed by atoms with Crippen LogP contribution >= 0.6 is 11.6 Å². The van der Waals surface area contributed by atoms with Crippen LogP contribution in [-0.4, -0.2) is 33.7 Å². The molecule has 2 aromatic heterocycles. The number of aryl methyl sites for hydroxylation is 1. The van der Waals surface area contributed by atoms with Gasteiger partial charge in [-0.1, -0.05) is 23.7 Å². The molecule has 1 aromatic carbocycles. The number of piperidine rings is 1. The Hall–Kier alpha value is -2.24. The minimum atomic E-state index is -0.0157. The summed E-state index contributed by atoms with van der Waals surface area (Å²) in [4.78, 5) is 23.2. The molecule has 0 spiro atoms. The first-order valence-corrected chi connectivity index (χ1v) is 9.20. The van der Waals surface area contributed by atoms with Gasteiger partial charge in [-0.25, -0.2) is 9.97 Å². The van der Waals surface area contributed by atoms with Crippen molar-refractivity contribution in [2.24, 2.45) is 5.92 Å². The Labute approximate surface area is 157 Å². The van der Waals surface area contributed by atoms with E-state index in [4.69, 9.17) is 16.0 Å². The molecule has 1 aliphatic rings. The number of aromatic nitrogens is 2. The van der Waals surface area contributed by atoms with Crippen LogP contribution in [0, 0.1) is 12.8 Å². The predicted molar refractivity (Wildman–Crippen MR) is 100 cm³/mol. The van der Waals surface area contributed by atoms with E-state index < -0.39 is 0 Å². The van der Waals surface area contributed by atoms with Gasteiger partial charge < -0.3 is 4.42 Å². The lowest BCUT2D eigenvalue weighted by Crippen LogP contribution is -2.36. The number of carbonyl (C=O) groups is 1. The second-order valence-corrected chi connectivity index (χ2v) is 7.24. The second kappa shape index (κ2) is 7.17. The first-order chi connectivity index (χ1) is 12.6. The fourth-order valence-electron chi connectivity index (χ4n) is 3.52. The van der Waals surface area contributed by atoms with Gasteiger partial charge in [-0.2, -0.15) is 0 Å². The van der Waals surface area contributed by atoms with E-state index in [9.17, 15) is 4.79 Å². The molecule has 1 aliphatic heterocycles. The van der Waals surface area contributed by atoms with Crippen molar-refractivity contribution in [2.75, 3.05) is 13.1 Å². The number of hydrogen-bond acceptors (Lipinski definition) is 5. The Bertz CT molecular complexity index is 932. The standard InChI is InChI=1S/C20H20ClN3O2/c1-13-2-3-15-11-16(19(21)23-17(15)10-13)12-24-7-4-14(5-8-24)18(25)20-22-6-9-26-20/h2-3,6,9-11,14H,4-5,7-8,12H2,1H3. The van der Waals surface area contributed by atoms with Gasteiger partial charge in [0, 0.05) is 23.4 Å². The molecular formula is C20H20ClN3O2. The van der Waals surface area contributed by atoms with Crippen LogP contribution in [0.15, 0.2) is 41.1 Å². The van der Waals surface area contributed by atoms with E-state index in [0.29, 0.717) is 5.15 Å². The molecule has 26 heavy (non-hydrogen) atoms. The van der Waals surface area contributed by atoms with Crippen LogP contribution in [0.3, 0.4) is 0 Å².